The predicted octanol–water partition coefficient (Wildman–Crippen LogP) is 4.88. The molecule has 2 aromatic heterocycles. The lowest BCUT2D eigenvalue weighted by molar-refractivity contribution is 0.734. The Hall–Kier alpha value is -2.21. The Morgan fingerprint density at radius 2 is 1.96 bits per heavy atom. The Labute approximate surface area is 157 Å². The fourth-order valence-corrected chi connectivity index (χ4v) is 3.86. The topological polar surface area (TPSA) is 47.8 Å². The number of benzene rings is 2. The van der Waals surface area contributed by atoms with Crippen LogP contribution < -0.4 is 5.56 Å². The predicted molar refractivity (Wildman–Crippen MR) is 103 cm³/mol. The summed E-state index contributed by atoms with van der Waals surface area (Å²) in [4.78, 5) is 21.5. The molecule has 4 aromatic rings. The van der Waals surface area contributed by atoms with Crippen LogP contribution in [0.15, 0.2) is 59.0 Å². The zero-order valence-corrected chi connectivity index (χ0v) is 15.1. The molecule has 2 heterocycles. The molecule has 7 heteroatoms. The number of fused-ring (bicyclic) bond motifs is 1. The third-order valence-corrected chi connectivity index (χ3v) is 5.26. The molecule has 0 unspecified atom stereocenters. The molecule has 4 rings (SSSR count). The standard InChI is InChI=1S/C18H11Cl2N3OS/c19-11-5-6-16-14(7-11)18(24)23(10-21-16)8-12-9-25-17(22-12)13-3-1-2-4-15(13)20/h1-7,9-10H,8H2. The van der Waals surface area contributed by atoms with Crippen LogP contribution in [0.4, 0.5) is 0 Å². The summed E-state index contributed by atoms with van der Waals surface area (Å²) in [6, 6.07) is 12.7. The van der Waals surface area contributed by atoms with Gasteiger partial charge in [0.15, 0.2) is 0 Å². The number of hydrogen-bond donors (Lipinski definition) is 0. The van der Waals surface area contributed by atoms with Crippen molar-refractivity contribution < 1.29 is 0 Å². The average Bonchev–Trinajstić information content (AvgIpc) is 3.07. The van der Waals surface area contributed by atoms with E-state index in [1.54, 1.807) is 18.2 Å². The van der Waals surface area contributed by atoms with Gasteiger partial charge in [-0.15, -0.1) is 11.3 Å². The van der Waals surface area contributed by atoms with Gasteiger partial charge in [-0.3, -0.25) is 9.36 Å². The van der Waals surface area contributed by atoms with Crippen LogP contribution in [0.3, 0.4) is 0 Å². The molecule has 2 aromatic carbocycles. The fraction of sp³-hybridized carbons (Fsp3) is 0.0556. The summed E-state index contributed by atoms with van der Waals surface area (Å²) >= 11 is 13.7. The molecular formula is C18H11Cl2N3OS. The molecule has 4 nitrogen and oxygen atoms in total. The van der Waals surface area contributed by atoms with E-state index in [0.717, 1.165) is 16.3 Å². The first kappa shape index (κ1) is 16.3. The van der Waals surface area contributed by atoms with E-state index in [1.165, 1.54) is 22.2 Å². The summed E-state index contributed by atoms with van der Waals surface area (Å²) < 4.78 is 1.53. The van der Waals surface area contributed by atoms with Crippen molar-refractivity contribution in [1.82, 2.24) is 14.5 Å². The quantitative estimate of drug-likeness (QED) is 0.503. The van der Waals surface area contributed by atoms with E-state index >= 15 is 0 Å². The van der Waals surface area contributed by atoms with Gasteiger partial charge in [-0.25, -0.2) is 9.97 Å². The maximum absolute atomic E-state index is 12.6. The molecule has 25 heavy (non-hydrogen) atoms. The van der Waals surface area contributed by atoms with E-state index in [-0.39, 0.29) is 5.56 Å². The highest BCUT2D eigenvalue weighted by Gasteiger charge is 2.10. The normalized spacial score (nSPS) is 11.1. The number of nitrogens with zero attached hydrogens (tertiary/aromatic N) is 3. The Balaban J connectivity index is 1.70. The van der Waals surface area contributed by atoms with Gasteiger partial charge in [0, 0.05) is 16.0 Å². The molecule has 0 radical (unpaired) electrons. The molecule has 0 saturated carbocycles. The van der Waals surface area contributed by atoms with Crippen LogP contribution in [0.1, 0.15) is 5.69 Å². The van der Waals surface area contributed by atoms with Gasteiger partial charge >= 0.3 is 0 Å². The van der Waals surface area contributed by atoms with E-state index < -0.39 is 0 Å². The van der Waals surface area contributed by atoms with Crippen molar-refractivity contribution >= 4 is 45.4 Å². The zero-order chi connectivity index (χ0) is 17.4. The molecule has 0 saturated heterocycles. The highest BCUT2D eigenvalue weighted by Crippen LogP contribution is 2.30. The SMILES string of the molecule is O=c1c2cc(Cl)ccc2ncn1Cc1csc(-c2ccccc2Cl)n1. The number of thiazole rings is 1. The summed E-state index contributed by atoms with van der Waals surface area (Å²) in [7, 11) is 0. The number of hydrogen-bond acceptors (Lipinski definition) is 4. The number of aromatic nitrogens is 3. The highest BCUT2D eigenvalue weighted by molar-refractivity contribution is 7.13. The third kappa shape index (κ3) is 3.18. The molecule has 0 aliphatic heterocycles. The summed E-state index contributed by atoms with van der Waals surface area (Å²) in [5.41, 5.74) is 2.15. The molecule has 124 valence electrons. The third-order valence-electron chi connectivity index (χ3n) is 3.77. The summed E-state index contributed by atoms with van der Waals surface area (Å²) in [5.74, 6) is 0. The zero-order valence-electron chi connectivity index (χ0n) is 12.8. The van der Waals surface area contributed by atoms with Crippen LogP contribution in [0.2, 0.25) is 10.0 Å². The second-order valence-corrected chi connectivity index (χ2v) is 7.16. The highest BCUT2D eigenvalue weighted by atomic mass is 35.5. The first-order valence-electron chi connectivity index (χ1n) is 7.46. The van der Waals surface area contributed by atoms with Crippen molar-refractivity contribution in [3.05, 3.63) is 80.3 Å². The van der Waals surface area contributed by atoms with Gasteiger partial charge in [-0.1, -0.05) is 41.4 Å². The minimum absolute atomic E-state index is 0.139. The minimum atomic E-state index is -0.139. The maximum atomic E-state index is 12.6. The van der Waals surface area contributed by atoms with Crippen molar-refractivity contribution in [2.24, 2.45) is 0 Å². The van der Waals surface area contributed by atoms with Gasteiger partial charge in [-0.05, 0) is 24.3 Å². The smallest absolute Gasteiger partial charge is 0.261 e. The van der Waals surface area contributed by atoms with Crippen molar-refractivity contribution in [2.75, 3.05) is 0 Å². The molecule has 0 spiro atoms. The lowest BCUT2D eigenvalue weighted by atomic mass is 10.2. The van der Waals surface area contributed by atoms with Crippen molar-refractivity contribution in [2.45, 2.75) is 6.54 Å². The molecule has 0 aliphatic carbocycles. The van der Waals surface area contributed by atoms with Crippen LogP contribution in [0.25, 0.3) is 21.5 Å². The van der Waals surface area contributed by atoms with Crippen molar-refractivity contribution in [1.29, 1.82) is 0 Å². The second-order valence-electron chi connectivity index (χ2n) is 5.46. The van der Waals surface area contributed by atoms with Crippen LogP contribution in [-0.4, -0.2) is 14.5 Å². The molecule has 0 fully saturated rings. The monoisotopic (exact) mass is 387 g/mol. The minimum Gasteiger partial charge on any atom is -0.293 e. The molecular weight excluding hydrogens is 377 g/mol. The molecule has 0 atom stereocenters. The first-order valence-corrected chi connectivity index (χ1v) is 9.09. The van der Waals surface area contributed by atoms with Gasteiger partial charge in [0.1, 0.15) is 5.01 Å². The summed E-state index contributed by atoms with van der Waals surface area (Å²) in [5, 5.41) is 4.41. The molecule has 0 N–H and O–H groups in total. The second kappa shape index (κ2) is 6.59. The largest absolute Gasteiger partial charge is 0.293 e. The Morgan fingerprint density at radius 1 is 1.12 bits per heavy atom. The fourth-order valence-electron chi connectivity index (χ4n) is 2.56. The van der Waals surface area contributed by atoms with Gasteiger partial charge in [0.05, 0.1) is 34.5 Å². The average molecular weight is 388 g/mol. The Morgan fingerprint density at radius 3 is 2.80 bits per heavy atom. The van der Waals surface area contributed by atoms with Gasteiger partial charge in [-0.2, -0.15) is 0 Å². The number of rotatable bonds is 3. The Bertz CT molecular complexity index is 1140. The lowest BCUT2D eigenvalue weighted by Gasteiger charge is -2.05. The summed E-state index contributed by atoms with van der Waals surface area (Å²) in [6.07, 6.45) is 1.53. The summed E-state index contributed by atoms with van der Waals surface area (Å²) in [6.45, 7) is 0.342. The Kier molecular flexibility index (Phi) is 4.29. The van der Waals surface area contributed by atoms with Crippen LogP contribution in [-0.2, 0) is 6.54 Å². The van der Waals surface area contributed by atoms with Crippen molar-refractivity contribution in [3.8, 4) is 10.6 Å². The van der Waals surface area contributed by atoms with E-state index in [0.29, 0.717) is 27.5 Å². The molecule has 0 aliphatic rings. The van der Waals surface area contributed by atoms with E-state index in [2.05, 4.69) is 9.97 Å². The van der Waals surface area contributed by atoms with Gasteiger partial charge < -0.3 is 0 Å². The molecule has 0 amide bonds. The van der Waals surface area contributed by atoms with Crippen molar-refractivity contribution in [3.63, 3.8) is 0 Å². The molecule has 0 bridgehead atoms. The van der Waals surface area contributed by atoms with E-state index in [4.69, 9.17) is 23.2 Å². The van der Waals surface area contributed by atoms with E-state index in [1.807, 2.05) is 29.6 Å². The first-order chi connectivity index (χ1) is 12.1. The number of halogens is 2. The van der Waals surface area contributed by atoms with Gasteiger partial charge in [0.25, 0.3) is 5.56 Å². The van der Waals surface area contributed by atoms with Crippen LogP contribution in [0, 0.1) is 0 Å². The van der Waals surface area contributed by atoms with E-state index in [9.17, 15) is 4.79 Å². The van der Waals surface area contributed by atoms with Crippen LogP contribution in [0.5, 0.6) is 0 Å². The lowest BCUT2D eigenvalue weighted by Crippen LogP contribution is -2.21. The maximum Gasteiger partial charge on any atom is 0.261 e. The van der Waals surface area contributed by atoms with Crippen LogP contribution >= 0.6 is 34.5 Å². The van der Waals surface area contributed by atoms with Gasteiger partial charge in [0.2, 0.25) is 0 Å².